The molecule has 1 rings (SSSR count). The predicted octanol–water partition coefficient (Wildman–Crippen LogP) is 6.11. The van der Waals surface area contributed by atoms with E-state index in [-0.39, 0.29) is 5.97 Å². The molecule has 1 aromatic heterocycles. The van der Waals surface area contributed by atoms with E-state index in [1.165, 1.54) is 26.3 Å². The number of thiophene rings is 1. The second kappa shape index (κ2) is 10.4. The normalized spacial score (nSPS) is 13.2. The molecular formula is C20H26O2S2. The third kappa shape index (κ3) is 6.54. The average Bonchev–Trinajstić information content (AvgIpc) is 2.79. The van der Waals surface area contributed by atoms with Gasteiger partial charge in [0.05, 0.1) is 10.8 Å². The molecule has 1 aromatic rings. The first kappa shape index (κ1) is 20.5. The molecule has 2 nitrogen and oxygen atoms in total. The monoisotopic (exact) mass is 362 g/mol. The zero-order valence-corrected chi connectivity index (χ0v) is 16.9. The van der Waals surface area contributed by atoms with Crippen molar-refractivity contribution in [3.8, 4) is 0 Å². The second-order valence-electron chi connectivity index (χ2n) is 5.43. The topological polar surface area (TPSA) is 26.3 Å². The molecule has 0 aliphatic carbocycles. The molecule has 1 heterocycles. The molecule has 0 fully saturated rings. The Hall–Kier alpha value is -1.52. The number of carbonyl (C=O) groups is 1. The van der Waals surface area contributed by atoms with Crippen LogP contribution in [-0.4, -0.2) is 18.8 Å². The van der Waals surface area contributed by atoms with Crippen LogP contribution >= 0.6 is 23.1 Å². The van der Waals surface area contributed by atoms with Crippen molar-refractivity contribution in [2.75, 3.05) is 12.9 Å². The van der Waals surface area contributed by atoms with Gasteiger partial charge < -0.3 is 4.74 Å². The standard InChI is InChI=1S/C20H26O2S2/c1-7-22-19(21)13-15(3)10-8-9-14(2)11-12-18-16(4)20(23-6)24-17(18)5/h8-13H,7H2,1-6H3. The first-order valence-corrected chi connectivity index (χ1v) is 9.95. The molecule has 0 radical (unpaired) electrons. The highest BCUT2D eigenvalue weighted by Gasteiger charge is 2.08. The van der Waals surface area contributed by atoms with Crippen molar-refractivity contribution >= 4 is 35.1 Å². The van der Waals surface area contributed by atoms with Crippen molar-refractivity contribution in [2.24, 2.45) is 0 Å². The van der Waals surface area contributed by atoms with Crippen LogP contribution in [0.2, 0.25) is 0 Å². The van der Waals surface area contributed by atoms with E-state index < -0.39 is 0 Å². The summed E-state index contributed by atoms with van der Waals surface area (Å²) in [7, 11) is 0. The van der Waals surface area contributed by atoms with Crippen molar-refractivity contribution in [1.29, 1.82) is 0 Å². The van der Waals surface area contributed by atoms with Crippen LogP contribution in [0.5, 0.6) is 0 Å². The smallest absolute Gasteiger partial charge is 0.330 e. The Kier molecular flexibility index (Phi) is 8.87. The number of thioether (sulfide) groups is 1. The summed E-state index contributed by atoms with van der Waals surface area (Å²) < 4.78 is 6.27. The highest BCUT2D eigenvalue weighted by atomic mass is 32.2. The van der Waals surface area contributed by atoms with Gasteiger partial charge >= 0.3 is 5.97 Å². The molecule has 0 aliphatic rings. The van der Waals surface area contributed by atoms with Crippen LogP contribution in [0.1, 0.15) is 36.8 Å². The maximum Gasteiger partial charge on any atom is 0.330 e. The SMILES string of the molecule is CCOC(=O)C=C(C)C=CC=C(C)C=Cc1c(C)sc(SC)c1C. The largest absolute Gasteiger partial charge is 0.463 e. The molecule has 0 aromatic carbocycles. The summed E-state index contributed by atoms with van der Waals surface area (Å²) in [6.45, 7) is 10.5. The van der Waals surface area contributed by atoms with E-state index in [9.17, 15) is 4.79 Å². The minimum atomic E-state index is -0.298. The summed E-state index contributed by atoms with van der Waals surface area (Å²) >= 11 is 3.66. The van der Waals surface area contributed by atoms with E-state index in [1.807, 2.05) is 36.5 Å². The lowest BCUT2D eigenvalue weighted by molar-refractivity contribution is -0.137. The fourth-order valence-electron chi connectivity index (χ4n) is 2.12. The summed E-state index contributed by atoms with van der Waals surface area (Å²) in [5, 5.41) is 0. The van der Waals surface area contributed by atoms with Crippen LogP contribution < -0.4 is 0 Å². The zero-order valence-electron chi connectivity index (χ0n) is 15.3. The number of ether oxygens (including phenoxy) is 1. The number of rotatable bonds is 7. The van der Waals surface area contributed by atoms with Gasteiger partial charge in [-0.05, 0) is 57.6 Å². The molecule has 0 atom stereocenters. The van der Waals surface area contributed by atoms with E-state index in [1.54, 1.807) is 18.7 Å². The summed E-state index contributed by atoms with van der Waals surface area (Å²) in [6, 6.07) is 0. The molecule has 0 spiro atoms. The van der Waals surface area contributed by atoms with Gasteiger partial charge in [-0.25, -0.2) is 4.79 Å². The van der Waals surface area contributed by atoms with E-state index in [0.29, 0.717) is 6.61 Å². The molecule has 0 saturated carbocycles. The van der Waals surface area contributed by atoms with Crippen LogP contribution in [-0.2, 0) is 9.53 Å². The predicted molar refractivity (Wildman–Crippen MR) is 108 cm³/mol. The second-order valence-corrected chi connectivity index (χ2v) is 7.73. The summed E-state index contributed by atoms with van der Waals surface area (Å²) in [5.41, 5.74) is 4.71. The van der Waals surface area contributed by atoms with Gasteiger partial charge in [0.25, 0.3) is 0 Å². The van der Waals surface area contributed by atoms with Crippen LogP contribution in [0.3, 0.4) is 0 Å². The first-order chi connectivity index (χ1) is 11.4. The van der Waals surface area contributed by atoms with E-state index >= 15 is 0 Å². The van der Waals surface area contributed by atoms with Crippen LogP contribution in [0.25, 0.3) is 6.08 Å². The highest BCUT2D eigenvalue weighted by molar-refractivity contribution is 8.00. The number of hydrogen-bond donors (Lipinski definition) is 0. The number of aryl methyl sites for hydroxylation is 1. The Morgan fingerprint density at radius 3 is 2.50 bits per heavy atom. The molecule has 0 N–H and O–H groups in total. The maximum absolute atomic E-state index is 11.3. The zero-order chi connectivity index (χ0) is 18.1. The quantitative estimate of drug-likeness (QED) is 0.253. The van der Waals surface area contributed by atoms with E-state index in [0.717, 1.165) is 11.1 Å². The lowest BCUT2D eigenvalue weighted by atomic mass is 10.1. The highest BCUT2D eigenvalue weighted by Crippen LogP contribution is 2.34. The molecule has 4 heteroatoms. The maximum atomic E-state index is 11.3. The molecule has 0 amide bonds. The van der Waals surface area contributed by atoms with Gasteiger partial charge in [0, 0.05) is 11.0 Å². The van der Waals surface area contributed by atoms with Crippen molar-refractivity contribution in [2.45, 2.75) is 38.8 Å². The third-order valence-electron chi connectivity index (χ3n) is 3.38. The Bertz CT molecular complexity index is 689. The molecular weight excluding hydrogens is 336 g/mol. The molecule has 0 aliphatic heterocycles. The number of hydrogen-bond acceptors (Lipinski definition) is 4. The average molecular weight is 363 g/mol. The third-order valence-corrected chi connectivity index (χ3v) is 5.83. The van der Waals surface area contributed by atoms with E-state index in [2.05, 4.69) is 39.2 Å². The molecule has 0 bridgehead atoms. The van der Waals surface area contributed by atoms with Gasteiger partial charge in [-0.15, -0.1) is 23.1 Å². The first-order valence-electron chi connectivity index (χ1n) is 7.91. The molecule has 0 saturated heterocycles. The van der Waals surface area contributed by atoms with Gasteiger partial charge in [-0.3, -0.25) is 0 Å². The molecule has 130 valence electrons. The van der Waals surface area contributed by atoms with Crippen LogP contribution in [0.4, 0.5) is 0 Å². The van der Waals surface area contributed by atoms with Crippen molar-refractivity contribution < 1.29 is 9.53 Å². The van der Waals surface area contributed by atoms with Crippen molar-refractivity contribution in [3.05, 3.63) is 57.5 Å². The minimum absolute atomic E-state index is 0.298. The van der Waals surface area contributed by atoms with Gasteiger partial charge in [0.15, 0.2) is 0 Å². The van der Waals surface area contributed by atoms with Gasteiger partial charge in [0.2, 0.25) is 0 Å². The van der Waals surface area contributed by atoms with Crippen molar-refractivity contribution in [1.82, 2.24) is 0 Å². The number of carbonyl (C=O) groups excluding carboxylic acids is 1. The number of allylic oxidation sites excluding steroid dienone is 6. The van der Waals surface area contributed by atoms with Gasteiger partial charge in [-0.2, -0.15) is 0 Å². The minimum Gasteiger partial charge on any atom is -0.463 e. The van der Waals surface area contributed by atoms with Crippen LogP contribution in [0.15, 0.2) is 45.7 Å². The van der Waals surface area contributed by atoms with E-state index in [4.69, 9.17) is 4.74 Å². The van der Waals surface area contributed by atoms with Crippen LogP contribution in [0, 0.1) is 13.8 Å². The Balaban J connectivity index is 2.76. The Morgan fingerprint density at radius 2 is 1.92 bits per heavy atom. The lowest BCUT2D eigenvalue weighted by Gasteiger charge is -1.97. The van der Waals surface area contributed by atoms with Crippen molar-refractivity contribution in [3.63, 3.8) is 0 Å². The Morgan fingerprint density at radius 1 is 1.21 bits per heavy atom. The summed E-state index contributed by atoms with van der Waals surface area (Å²) in [6.07, 6.45) is 13.8. The molecule has 0 unspecified atom stereocenters. The lowest BCUT2D eigenvalue weighted by Crippen LogP contribution is -1.99. The Labute approximate surface area is 154 Å². The number of esters is 1. The van der Waals surface area contributed by atoms with Gasteiger partial charge in [-0.1, -0.05) is 36.0 Å². The summed E-state index contributed by atoms with van der Waals surface area (Å²) in [4.78, 5) is 12.7. The fourth-order valence-corrected chi connectivity index (χ4v) is 4.12. The van der Waals surface area contributed by atoms with Gasteiger partial charge in [0.1, 0.15) is 0 Å². The fraction of sp³-hybridized carbons (Fsp3) is 0.350. The summed E-state index contributed by atoms with van der Waals surface area (Å²) in [5.74, 6) is -0.298. The molecule has 24 heavy (non-hydrogen) atoms.